The minimum atomic E-state index is -5.74. The predicted molar refractivity (Wildman–Crippen MR) is 127 cm³/mol. The van der Waals surface area contributed by atoms with Crippen LogP contribution in [0.4, 0.5) is 26.3 Å². The molecule has 0 fully saturated rings. The second-order valence-corrected chi connectivity index (χ2v) is 10.6. The van der Waals surface area contributed by atoms with E-state index in [4.69, 9.17) is 0 Å². The van der Waals surface area contributed by atoms with Crippen molar-refractivity contribution in [3.8, 4) is 0 Å². The lowest BCUT2D eigenvalue weighted by atomic mass is 9.92. The van der Waals surface area contributed by atoms with E-state index in [1.165, 1.54) is 32.0 Å². The lowest BCUT2D eigenvalue weighted by Gasteiger charge is -2.26. The van der Waals surface area contributed by atoms with E-state index in [2.05, 4.69) is 0 Å². The number of benzene rings is 2. The molecule has 0 bridgehead atoms. The van der Waals surface area contributed by atoms with Gasteiger partial charge in [-0.15, -0.1) is 22.7 Å². The van der Waals surface area contributed by atoms with Gasteiger partial charge in [0.05, 0.1) is 17.8 Å². The first-order valence-electron chi connectivity index (χ1n) is 10.6. The van der Waals surface area contributed by atoms with Crippen LogP contribution in [0.1, 0.15) is 46.9 Å². The molecule has 2 heterocycles. The van der Waals surface area contributed by atoms with Gasteiger partial charge in [0.2, 0.25) is 0 Å². The van der Waals surface area contributed by atoms with E-state index in [0.29, 0.717) is 26.1 Å². The monoisotopic (exact) mass is 528 g/mol. The molecule has 1 aliphatic rings. The fourth-order valence-electron chi connectivity index (χ4n) is 4.65. The van der Waals surface area contributed by atoms with Gasteiger partial charge in [0.25, 0.3) is 0 Å². The lowest BCUT2D eigenvalue weighted by Crippen LogP contribution is -2.49. The number of aliphatic hydroxyl groups is 2. The maximum atomic E-state index is 15.5. The third-order valence-electron chi connectivity index (χ3n) is 6.20. The van der Waals surface area contributed by atoms with Crippen LogP contribution in [0.3, 0.4) is 0 Å². The Balaban J connectivity index is 2.01. The Labute approximate surface area is 203 Å². The Morgan fingerprint density at radius 2 is 1.20 bits per heavy atom. The zero-order chi connectivity index (χ0) is 25.5. The molecule has 2 aromatic carbocycles. The molecule has 2 N–H and O–H groups in total. The van der Waals surface area contributed by atoms with Crippen LogP contribution in [0.15, 0.2) is 48.5 Å². The molecular formula is C25H18F6O2S2. The first kappa shape index (κ1) is 24.3. The van der Waals surface area contributed by atoms with Gasteiger partial charge < -0.3 is 10.2 Å². The molecule has 10 heteroatoms. The smallest absolute Gasteiger partial charge is 0.380 e. The average Bonchev–Trinajstić information content (AvgIpc) is 3.37. The maximum absolute atomic E-state index is 15.5. The second kappa shape index (κ2) is 7.80. The van der Waals surface area contributed by atoms with Crippen molar-refractivity contribution in [1.82, 2.24) is 0 Å². The highest BCUT2D eigenvalue weighted by Crippen LogP contribution is 2.67. The van der Waals surface area contributed by atoms with Crippen LogP contribution >= 0.6 is 22.7 Å². The summed E-state index contributed by atoms with van der Waals surface area (Å²) in [6.07, 6.45) is -2.78. The van der Waals surface area contributed by atoms with Gasteiger partial charge in [-0.05, 0) is 31.4 Å². The number of allylic oxidation sites excluding steroid dienone is 2. The highest BCUT2D eigenvalue weighted by molar-refractivity contribution is 7.20. The summed E-state index contributed by atoms with van der Waals surface area (Å²) in [4.78, 5) is -0.642. The third kappa shape index (κ3) is 3.16. The van der Waals surface area contributed by atoms with Gasteiger partial charge in [-0.3, -0.25) is 0 Å². The molecule has 2 aromatic heterocycles. The summed E-state index contributed by atoms with van der Waals surface area (Å²) in [5.74, 6) is -16.3. The molecule has 0 saturated heterocycles. The van der Waals surface area contributed by atoms with E-state index in [1.54, 1.807) is 30.3 Å². The van der Waals surface area contributed by atoms with Crippen molar-refractivity contribution in [2.45, 2.75) is 43.8 Å². The number of halogens is 6. The minimum Gasteiger partial charge on any atom is -0.389 e. The van der Waals surface area contributed by atoms with Crippen LogP contribution in [0, 0.1) is 0 Å². The SMILES string of the molecule is C[C@@H](O)c1sc2ccccc2c1C1=C(c2sc3ccccc3c2[C@@H](C)O)C(F)(F)C(F)(F)C1(F)F. The first-order valence-corrected chi connectivity index (χ1v) is 12.2. The van der Waals surface area contributed by atoms with Gasteiger partial charge in [-0.25, -0.2) is 0 Å². The summed E-state index contributed by atoms with van der Waals surface area (Å²) in [5.41, 5.74) is -3.68. The molecule has 0 unspecified atom stereocenters. The van der Waals surface area contributed by atoms with E-state index >= 15 is 17.6 Å². The van der Waals surface area contributed by atoms with Gasteiger partial charge in [0.1, 0.15) is 0 Å². The Hall–Kier alpha value is -2.40. The maximum Gasteiger partial charge on any atom is 0.380 e. The summed E-state index contributed by atoms with van der Waals surface area (Å²) >= 11 is 1.53. The molecule has 2 nitrogen and oxygen atoms in total. The molecule has 0 saturated carbocycles. The van der Waals surface area contributed by atoms with Gasteiger partial charge >= 0.3 is 17.8 Å². The van der Waals surface area contributed by atoms with Gasteiger partial charge in [-0.2, -0.15) is 26.3 Å². The molecule has 2 atom stereocenters. The normalized spacial score (nSPS) is 20.6. The van der Waals surface area contributed by atoms with Crippen molar-refractivity contribution in [1.29, 1.82) is 0 Å². The van der Waals surface area contributed by atoms with E-state index in [-0.39, 0.29) is 15.8 Å². The summed E-state index contributed by atoms with van der Waals surface area (Å²) in [6.45, 7) is 2.53. The topological polar surface area (TPSA) is 40.5 Å². The van der Waals surface area contributed by atoms with Crippen molar-refractivity contribution in [2.24, 2.45) is 0 Å². The number of hydrogen-bond acceptors (Lipinski definition) is 4. The van der Waals surface area contributed by atoms with E-state index in [9.17, 15) is 19.0 Å². The Morgan fingerprint density at radius 3 is 1.77 bits per heavy atom. The van der Waals surface area contributed by atoms with Crippen molar-refractivity contribution in [2.75, 3.05) is 0 Å². The number of hydrogen-bond donors (Lipinski definition) is 2. The summed E-state index contributed by atoms with van der Waals surface area (Å²) in [7, 11) is 0. The summed E-state index contributed by atoms with van der Waals surface area (Å²) < 4.78 is 92.7. The van der Waals surface area contributed by atoms with E-state index < -0.39 is 51.6 Å². The molecule has 4 aromatic rings. The molecule has 5 rings (SSSR count). The van der Waals surface area contributed by atoms with Gasteiger partial charge in [0, 0.05) is 41.2 Å². The van der Waals surface area contributed by atoms with Crippen LogP contribution in [-0.2, 0) is 0 Å². The largest absolute Gasteiger partial charge is 0.389 e. The summed E-state index contributed by atoms with van der Waals surface area (Å²) in [5, 5.41) is 21.2. The predicted octanol–water partition coefficient (Wildman–Crippen LogP) is 8.05. The standard InChI is InChI=1S/C25H18F6O2S2/c1-11(32)17-13-7-3-5-9-15(13)35-22(17)20-19(23(26,27)25(30,31)24(20,28)29)18-14-8-4-6-10-16(14)34-21(18)12(2)33/h3-12,32-33H,1-2H3/t11-,12-/m1/s1. The third-order valence-corrected chi connectivity index (χ3v) is 8.74. The molecule has 184 valence electrons. The zero-order valence-electron chi connectivity index (χ0n) is 18.3. The number of alkyl halides is 6. The molecule has 35 heavy (non-hydrogen) atoms. The van der Waals surface area contributed by atoms with Crippen LogP contribution in [0.5, 0.6) is 0 Å². The zero-order valence-corrected chi connectivity index (χ0v) is 19.9. The van der Waals surface area contributed by atoms with Crippen molar-refractivity contribution in [3.63, 3.8) is 0 Å². The molecule has 0 aliphatic heterocycles. The van der Waals surface area contributed by atoms with Gasteiger partial charge in [-0.1, -0.05) is 36.4 Å². The summed E-state index contributed by atoms with van der Waals surface area (Å²) in [6, 6.07) is 12.2. The van der Waals surface area contributed by atoms with Crippen LogP contribution in [0.2, 0.25) is 0 Å². The molecule has 1 aliphatic carbocycles. The first-order chi connectivity index (χ1) is 16.3. The Morgan fingerprint density at radius 1 is 0.686 bits per heavy atom. The highest BCUT2D eigenvalue weighted by Gasteiger charge is 2.80. The molecule has 0 radical (unpaired) electrons. The van der Waals surface area contributed by atoms with Crippen LogP contribution in [0.25, 0.3) is 31.3 Å². The fraction of sp³-hybridized carbons (Fsp3) is 0.280. The average molecular weight is 529 g/mol. The molecule has 0 amide bonds. The number of rotatable bonds is 4. The quantitative estimate of drug-likeness (QED) is 0.263. The van der Waals surface area contributed by atoms with Crippen molar-refractivity contribution < 1.29 is 36.6 Å². The number of thiophene rings is 2. The number of fused-ring (bicyclic) bond motifs is 2. The van der Waals surface area contributed by atoms with Crippen molar-refractivity contribution in [3.05, 3.63) is 69.4 Å². The van der Waals surface area contributed by atoms with Gasteiger partial charge in [0.15, 0.2) is 0 Å². The second-order valence-electron chi connectivity index (χ2n) is 8.50. The van der Waals surface area contributed by atoms with Crippen LogP contribution < -0.4 is 0 Å². The van der Waals surface area contributed by atoms with Crippen molar-refractivity contribution >= 4 is 54.0 Å². The Kier molecular flexibility index (Phi) is 5.41. The fourth-order valence-corrected chi connectivity index (χ4v) is 7.17. The Bertz CT molecular complexity index is 1500. The molecule has 0 spiro atoms. The van der Waals surface area contributed by atoms with E-state index in [1.807, 2.05) is 0 Å². The highest BCUT2D eigenvalue weighted by atomic mass is 32.1. The van der Waals surface area contributed by atoms with E-state index in [0.717, 1.165) is 11.3 Å². The van der Waals surface area contributed by atoms with Crippen LogP contribution in [-0.4, -0.2) is 28.0 Å². The molecular weight excluding hydrogens is 510 g/mol. The lowest BCUT2D eigenvalue weighted by molar-refractivity contribution is -0.254. The number of aliphatic hydroxyl groups excluding tert-OH is 2. The minimum absolute atomic E-state index is 0.0637.